The highest BCUT2D eigenvalue weighted by Crippen LogP contribution is 2.29. The van der Waals surface area contributed by atoms with Crippen LogP contribution in [0.3, 0.4) is 0 Å². The van der Waals surface area contributed by atoms with Crippen LogP contribution in [0.2, 0.25) is 0 Å². The molecule has 18 heavy (non-hydrogen) atoms. The summed E-state index contributed by atoms with van der Waals surface area (Å²) in [6, 6.07) is 0. The van der Waals surface area contributed by atoms with Gasteiger partial charge in [-0.3, -0.25) is 4.79 Å². The standard InChI is InChI=1S/C12H20O6/c1-7(2)18-10-5-8(9(13)6-17-10)12(3,15)11(14)16-4/h7-8,10,15H,5-6H2,1-4H3/t8-,10-,12+/m1/s1. The van der Waals surface area contributed by atoms with Crippen LogP contribution < -0.4 is 0 Å². The van der Waals surface area contributed by atoms with Crippen molar-refractivity contribution in [2.24, 2.45) is 5.92 Å². The first-order valence-electron chi connectivity index (χ1n) is 5.89. The van der Waals surface area contributed by atoms with Gasteiger partial charge in [0.05, 0.1) is 19.1 Å². The predicted octanol–water partition coefficient (Wildman–Crippen LogP) is 0.267. The van der Waals surface area contributed by atoms with Gasteiger partial charge < -0.3 is 19.3 Å². The van der Waals surface area contributed by atoms with Crippen LogP contribution in [0.15, 0.2) is 0 Å². The molecule has 0 aromatic heterocycles. The van der Waals surface area contributed by atoms with Gasteiger partial charge in [0.2, 0.25) is 0 Å². The molecule has 104 valence electrons. The molecule has 1 aliphatic rings. The van der Waals surface area contributed by atoms with Gasteiger partial charge in [0.25, 0.3) is 0 Å². The minimum atomic E-state index is -1.85. The van der Waals surface area contributed by atoms with Crippen molar-refractivity contribution < 1.29 is 28.9 Å². The summed E-state index contributed by atoms with van der Waals surface area (Å²) in [7, 11) is 1.17. The van der Waals surface area contributed by atoms with Gasteiger partial charge >= 0.3 is 5.97 Å². The monoisotopic (exact) mass is 260 g/mol. The number of Topliss-reactive ketones (excluding diaryl/α,β-unsaturated/α-hetero) is 1. The highest BCUT2D eigenvalue weighted by atomic mass is 16.7. The second kappa shape index (κ2) is 5.77. The third-order valence-electron chi connectivity index (χ3n) is 2.93. The van der Waals surface area contributed by atoms with Gasteiger partial charge in [-0.15, -0.1) is 0 Å². The molecule has 0 saturated carbocycles. The summed E-state index contributed by atoms with van der Waals surface area (Å²) in [5.41, 5.74) is -1.85. The lowest BCUT2D eigenvalue weighted by Crippen LogP contribution is -2.52. The topological polar surface area (TPSA) is 82.1 Å². The van der Waals surface area contributed by atoms with Crippen molar-refractivity contribution in [2.45, 2.75) is 45.2 Å². The van der Waals surface area contributed by atoms with E-state index in [0.29, 0.717) is 0 Å². The summed E-state index contributed by atoms with van der Waals surface area (Å²) in [5.74, 6) is -2.03. The molecule has 0 aliphatic carbocycles. The molecule has 0 bridgehead atoms. The van der Waals surface area contributed by atoms with E-state index in [9.17, 15) is 14.7 Å². The van der Waals surface area contributed by atoms with E-state index >= 15 is 0 Å². The number of ether oxygens (including phenoxy) is 3. The SMILES string of the molecule is COC(=O)[C@@](C)(O)[C@@H]1C[C@@H](OC(C)C)OCC1=O. The lowest BCUT2D eigenvalue weighted by molar-refractivity contribution is -0.211. The van der Waals surface area contributed by atoms with E-state index in [1.807, 2.05) is 13.8 Å². The van der Waals surface area contributed by atoms with Crippen LogP contribution in [-0.2, 0) is 23.8 Å². The number of carbonyl (C=O) groups excluding carboxylic acids is 2. The van der Waals surface area contributed by atoms with Crippen molar-refractivity contribution in [1.29, 1.82) is 0 Å². The molecule has 0 radical (unpaired) electrons. The number of hydrogen-bond donors (Lipinski definition) is 1. The van der Waals surface area contributed by atoms with Crippen LogP contribution in [0.4, 0.5) is 0 Å². The molecule has 0 aromatic carbocycles. The van der Waals surface area contributed by atoms with E-state index < -0.39 is 23.8 Å². The molecule has 0 spiro atoms. The number of hydrogen-bond acceptors (Lipinski definition) is 6. The van der Waals surface area contributed by atoms with Crippen LogP contribution in [0.5, 0.6) is 0 Å². The molecule has 0 unspecified atom stereocenters. The zero-order valence-electron chi connectivity index (χ0n) is 11.1. The number of rotatable bonds is 4. The highest BCUT2D eigenvalue weighted by molar-refractivity contribution is 5.91. The molecule has 1 fully saturated rings. The molecule has 6 heteroatoms. The molecule has 6 nitrogen and oxygen atoms in total. The molecule has 0 aromatic rings. The summed E-state index contributed by atoms with van der Waals surface area (Å²) in [5, 5.41) is 10.1. The smallest absolute Gasteiger partial charge is 0.338 e. The van der Waals surface area contributed by atoms with Crippen LogP contribution in [0.25, 0.3) is 0 Å². The molecule has 1 N–H and O–H groups in total. The Bertz CT molecular complexity index is 323. The fourth-order valence-corrected chi connectivity index (χ4v) is 1.96. The number of esters is 1. The van der Waals surface area contributed by atoms with E-state index in [0.717, 1.165) is 0 Å². The summed E-state index contributed by atoms with van der Waals surface area (Å²) in [6.07, 6.45) is -0.519. The van der Waals surface area contributed by atoms with Gasteiger partial charge in [-0.2, -0.15) is 0 Å². The Morgan fingerprint density at radius 1 is 1.56 bits per heavy atom. The van der Waals surface area contributed by atoms with Crippen LogP contribution in [0, 0.1) is 5.92 Å². The summed E-state index contributed by atoms with van der Waals surface area (Å²) < 4.78 is 15.2. The molecule has 3 atom stereocenters. The van der Waals surface area contributed by atoms with Gasteiger partial charge in [-0.05, 0) is 20.8 Å². The molecule has 0 amide bonds. The van der Waals surface area contributed by atoms with Crippen molar-refractivity contribution in [2.75, 3.05) is 13.7 Å². The second-order valence-corrected chi connectivity index (χ2v) is 4.82. The van der Waals surface area contributed by atoms with Gasteiger partial charge in [-0.1, -0.05) is 0 Å². The summed E-state index contributed by atoms with van der Waals surface area (Å²) in [6.45, 7) is 4.79. The van der Waals surface area contributed by atoms with Crippen molar-refractivity contribution in [3.05, 3.63) is 0 Å². The Hall–Kier alpha value is -0.980. The van der Waals surface area contributed by atoms with Gasteiger partial charge in [0.1, 0.15) is 6.61 Å². The van der Waals surface area contributed by atoms with Crippen molar-refractivity contribution in [1.82, 2.24) is 0 Å². The zero-order valence-corrected chi connectivity index (χ0v) is 11.1. The first-order valence-corrected chi connectivity index (χ1v) is 5.89. The van der Waals surface area contributed by atoms with Gasteiger partial charge in [0.15, 0.2) is 17.7 Å². The Kier molecular flexibility index (Phi) is 4.84. The van der Waals surface area contributed by atoms with Crippen molar-refractivity contribution >= 4 is 11.8 Å². The minimum absolute atomic E-state index is 0.0630. The number of aliphatic hydroxyl groups is 1. The van der Waals surface area contributed by atoms with E-state index in [4.69, 9.17) is 9.47 Å². The maximum Gasteiger partial charge on any atom is 0.338 e. The number of carbonyl (C=O) groups is 2. The minimum Gasteiger partial charge on any atom is -0.467 e. The molecular weight excluding hydrogens is 240 g/mol. The third-order valence-corrected chi connectivity index (χ3v) is 2.93. The van der Waals surface area contributed by atoms with Crippen LogP contribution in [-0.4, -0.2) is 48.6 Å². The maximum absolute atomic E-state index is 11.7. The maximum atomic E-state index is 11.7. The van der Waals surface area contributed by atoms with Crippen LogP contribution >= 0.6 is 0 Å². The van der Waals surface area contributed by atoms with E-state index in [-0.39, 0.29) is 24.9 Å². The molecule has 1 saturated heterocycles. The van der Waals surface area contributed by atoms with E-state index in [1.165, 1.54) is 14.0 Å². The first kappa shape index (κ1) is 15.1. The predicted molar refractivity (Wildman–Crippen MR) is 61.7 cm³/mol. The normalized spacial score (nSPS) is 28.0. The highest BCUT2D eigenvalue weighted by Gasteiger charge is 2.48. The lowest BCUT2D eigenvalue weighted by atomic mass is 9.82. The van der Waals surface area contributed by atoms with Crippen molar-refractivity contribution in [3.63, 3.8) is 0 Å². The number of methoxy groups -OCH3 is 1. The molecule has 1 aliphatic heterocycles. The third kappa shape index (κ3) is 3.28. The first-order chi connectivity index (χ1) is 8.28. The lowest BCUT2D eigenvalue weighted by Gasteiger charge is -2.35. The molecular formula is C12H20O6. The average Bonchev–Trinajstić information content (AvgIpc) is 2.29. The van der Waals surface area contributed by atoms with E-state index in [1.54, 1.807) is 0 Å². The Morgan fingerprint density at radius 3 is 2.67 bits per heavy atom. The fourth-order valence-electron chi connectivity index (χ4n) is 1.96. The zero-order chi connectivity index (χ0) is 13.9. The Balaban J connectivity index is 2.79. The molecule has 1 heterocycles. The van der Waals surface area contributed by atoms with Gasteiger partial charge in [0, 0.05) is 6.42 Å². The second-order valence-electron chi connectivity index (χ2n) is 4.82. The van der Waals surface area contributed by atoms with Crippen LogP contribution in [0.1, 0.15) is 27.2 Å². The van der Waals surface area contributed by atoms with Crippen molar-refractivity contribution in [3.8, 4) is 0 Å². The van der Waals surface area contributed by atoms with Gasteiger partial charge in [-0.25, -0.2) is 4.79 Å². The van der Waals surface area contributed by atoms with E-state index in [2.05, 4.69) is 4.74 Å². The Morgan fingerprint density at radius 2 is 2.17 bits per heavy atom. The summed E-state index contributed by atoms with van der Waals surface area (Å²) >= 11 is 0. The largest absolute Gasteiger partial charge is 0.467 e. The summed E-state index contributed by atoms with van der Waals surface area (Å²) in [4.78, 5) is 23.2. The average molecular weight is 260 g/mol. The quantitative estimate of drug-likeness (QED) is 0.730. The Labute approximate surface area is 106 Å². The fraction of sp³-hybridized carbons (Fsp3) is 0.833. The molecule has 1 rings (SSSR count). The number of ketones is 1.